The average Bonchev–Trinajstić information content (AvgIpc) is 3.65. The molecule has 0 aliphatic heterocycles. The molecule has 0 fully saturated rings. The van der Waals surface area contributed by atoms with E-state index in [9.17, 15) is 29.1 Å². The SMILES string of the molecule is CC(=O)N[C@H](Cc1cnc[nH]1)C(=O)N[C@H](Cc1cnc[nH]1)C(=O)NCC(=O)N[C@H](Cc1cnc[nH]1)C(=O)O. The van der Waals surface area contributed by atoms with Crippen LogP contribution in [0.1, 0.15) is 24.0 Å². The Morgan fingerprint density at radius 3 is 1.63 bits per heavy atom. The Morgan fingerprint density at radius 2 is 1.21 bits per heavy atom. The number of H-pyrrole nitrogens is 3. The van der Waals surface area contributed by atoms with Crippen LogP contribution < -0.4 is 21.3 Å². The summed E-state index contributed by atoms with van der Waals surface area (Å²) in [6, 6.07) is -3.40. The second kappa shape index (κ2) is 13.3. The Balaban J connectivity index is 1.63. The Hall–Kier alpha value is -5.02. The smallest absolute Gasteiger partial charge is 0.326 e. The fourth-order valence-electron chi connectivity index (χ4n) is 3.52. The summed E-state index contributed by atoms with van der Waals surface area (Å²) in [6.45, 7) is 0.724. The normalized spacial score (nSPS) is 13.1. The summed E-state index contributed by atoms with van der Waals surface area (Å²) in [7, 11) is 0. The number of carboxylic acids is 1. The third-order valence-electron chi connectivity index (χ3n) is 5.32. The number of amides is 4. The maximum absolute atomic E-state index is 13.0. The molecule has 3 aromatic rings. The Kier molecular flexibility index (Phi) is 9.67. The van der Waals surface area contributed by atoms with Gasteiger partial charge in [-0.2, -0.15) is 0 Å². The van der Waals surface area contributed by atoms with Gasteiger partial charge in [0.2, 0.25) is 23.6 Å². The van der Waals surface area contributed by atoms with Gasteiger partial charge in [0.1, 0.15) is 18.1 Å². The Morgan fingerprint density at radius 1 is 0.737 bits per heavy atom. The first-order valence-corrected chi connectivity index (χ1v) is 11.5. The van der Waals surface area contributed by atoms with E-state index in [1.807, 2.05) is 0 Å². The highest BCUT2D eigenvalue weighted by molar-refractivity contribution is 5.94. The third kappa shape index (κ3) is 8.58. The standard InChI is InChI=1S/C22H28N10O6/c1-12(33)30-17(3-14-6-24-10-28-14)21(36)32-16(2-13-5-23-9-27-13)20(35)26-8-19(34)31-18(22(37)38)4-15-7-25-11-29-15/h5-7,9-11,16-18H,2-4,8H2,1H3,(H,23,27)(H,24,28)(H,25,29)(H,26,35)(H,30,33)(H,31,34)(H,32,36)(H,37,38)/t16-,17-,18-/m1/s1. The number of aromatic nitrogens is 6. The first kappa shape index (κ1) is 27.6. The molecule has 0 saturated heterocycles. The number of nitrogens with one attached hydrogen (secondary N) is 7. The van der Waals surface area contributed by atoms with E-state index in [0.717, 1.165) is 0 Å². The van der Waals surface area contributed by atoms with E-state index in [-0.39, 0.29) is 19.3 Å². The quantitative estimate of drug-likeness (QED) is 0.111. The van der Waals surface area contributed by atoms with Gasteiger partial charge in [-0.25, -0.2) is 19.7 Å². The van der Waals surface area contributed by atoms with E-state index in [0.29, 0.717) is 17.1 Å². The molecule has 3 aromatic heterocycles. The van der Waals surface area contributed by atoms with Crippen LogP contribution in [0.3, 0.4) is 0 Å². The molecule has 0 spiro atoms. The molecular weight excluding hydrogens is 500 g/mol. The van der Waals surface area contributed by atoms with E-state index >= 15 is 0 Å². The third-order valence-corrected chi connectivity index (χ3v) is 5.32. The first-order chi connectivity index (χ1) is 18.2. The minimum Gasteiger partial charge on any atom is -0.480 e. The molecule has 8 N–H and O–H groups in total. The molecule has 0 bridgehead atoms. The van der Waals surface area contributed by atoms with Crippen LogP contribution in [0.4, 0.5) is 0 Å². The lowest BCUT2D eigenvalue weighted by atomic mass is 10.1. The molecule has 16 heteroatoms. The molecule has 0 radical (unpaired) electrons. The summed E-state index contributed by atoms with van der Waals surface area (Å²) in [5, 5.41) is 19.3. The summed E-state index contributed by atoms with van der Waals surface area (Å²) >= 11 is 0. The number of imidazole rings is 3. The van der Waals surface area contributed by atoms with Crippen LogP contribution in [0.5, 0.6) is 0 Å². The van der Waals surface area contributed by atoms with Crippen molar-refractivity contribution in [3.8, 4) is 0 Å². The van der Waals surface area contributed by atoms with Gasteiger partial charge >= 0.3 is 5.97 Å². The number of carbonyl (C=O) groups is 5. The monoisotopic (exact) mass is 528 g/mol. The van der Waals surface area contributed by atoms with Crippen LogP contribution in [-0.2, 0) is 43.2 Å². The number of hydrogen-bond donors (Lipinski definition) is 8. The number of aromatic amines is 3. The van der Waals surface area contributed by atoms with Crippen molar-refractivity contribution in [2.75, 3.05) is 6.54 Å². The summed E-state index contributed by atoms with van der Waals surface area (Å²) in [5.41, 5.74) is 1.63. The lowest BCUT2D eigenvalue weighted by Gasteiger charge is -2.22. The average molecular weight is 529 g/mol. The first-order valence-electron chi connectivity index (χ1n) is 11.5. The number of rotatable bonds is 14. The van der Waals surface area contributed by atoms with Gasteiger partial charge in [-0.3, -0.25) is 19.2 Å². The molecule has 3 heterocycles. The van der Waals surface area contributed by atoms with E-state index < -0.39 is 54.3 Å². The number of carboxylic acid groups (broad SMARTS) is 1. The summed E-state index contributed by atoms with van der Waals surface area (Å²) in [6.07, 6.45) is 8.71. The Labute approximate surface area is 215 Å². The molecular formula is C22H28N10O6. The number of nitrogens with zero attached hydrogens (tertiary/aromatic N) is 3. The highest BCUT2D eigenvalue weighted by Crippen LogP contribution is 2.04. The summed E-state index contributed by atoms with van der Waals surface area (Å²) < 4.78 is 0. The highest BCUT2D eigenvalue weighted by atomic mass is 16.4. The number of aliphatic carboxylic acids is 1. The van der Waals surface area contributed by atoms with E-state index in [2.05, 4.69) is 51.2 Å². The molecule has 3 atom stereocenters. The van der Waals surface area contributed by atoms with Crippen LogP contribution >= 0.6 is 0 Å². The summed E-state index contributed by atoms with van der Waals surface area (Å²) in [4.78, 5) is 81.7. The van der Waals surface area contributed by atoms with Gasteiger partial charge in [0, 0.05) is 61.9 Å². The van der Waals surface area contributed by atoms with Crippen molar-refractivity contribution < 1.29 is 29.1 Å². The maximum atomic E-state index is 13.0. The number of hydrogen-bond acceptors (Lipinski definition) is 8. The molecule has 0 saturated carbocycles. The lowest BCUT2D eigenvalue weighted by molar-refractivity contribution is -0.141. The molecule has 0 aromatic carbocycles. The second-order valence-corrected chi connectivity index (χ2v) is 8.33. The Bertz CT molecular complexity index is 1210. The van der Waals surface area contributed by atoms with Gasteiger partial charge in [-0.15, -0.1) is 0 Å². The zero-order valence-electron chi connectivity index (χ0n) is 20.4. The molecule has 0 unspecified atom stereocenters. The van der Waals surface area contributed by atoms with Crippen LogP contribution in [0.15, 0.2) is 37.6 Å². The van der Waals surface area contributed by atoms with Gasteiger partial charge in [0.25, 0.3) is 0 Å². The fraction of sp³-hybridized carbons (Fsp3) is 0.364. The topological polar surface area (TPSA) is 240 Å². The minimum absolute atomic E-state index is 0.00756. The molecule has 38 heavy (non-hydrogen) atoms. The zero-order valence-corrected chi connectivity index (χ0v) is 20.4. The highest BCUT2D eigenvalue weighted by Gasteiger charge is 2.28. The molecule has 3 rings (SSSR count). The van der Waals surface area contributed by atoms with Crippen molar-refractivity contribution in [1.82, 2.24) is 51.2 Å². The summed E-state index contributed by atoms with van der Waals surface area (Å²) in [5.74, 6) is -3.78. The zero-order chi connectivity index (χ0) is 27.5. The van der Waals surface area contributed by atoms with Gasteiger partial charge in [-0.05, 0) is 0 Å². The molecule has 4 amide bonds. The van der Waals surface area contributed by atoms with Crippen LogP contribution in [-0.4, -0.2) is 89.3 Å². The molecule has 202 valence electrons. The van der Waals surface area contributed by atoms with Crippen LogP contribution in [0, 0.1) is 0 Å². The largest absolute Gasteiger partial charge is 0.480 e. The van der Waals surface area contributed by atoms with E-state index in [1.165, 1.54) is 44.5 Å². The molecule has 0 aliphatic carbocycles. The van der Waals surface area contributed by atoms with Gasteiger partial charge in [0.15, 0.2) is 0 Å². The van der Waals surface area contributed by atoms with Crippen molar-refractivity contribution in [2.45, 2.75) is 44.3 Å². The van der Waals surface area contributed by atoms with Crippen molar-refractivity contribution in [1.29, 1.82) is 0 Å². The second-order valence-electron chi connectivity index (χ2n) is 8.33. The van der Waals surface area contributed by atoms with Gasteiger partial charge in [0.05, 0.1) is 25.5 Å². The fourth-order valence-corrected chi connectivity index (χ4v) is 3.52. The van der Waals surface area contributed by atoms with Crippen molar-refractivity contribution >= 4 is 29.6 Å². The predicted octanol–water partition coefficient (Wildman–Crippen LogP) is -2.44. The molecule has 0 aliphatic rings. The predicted molar refractivity (Wildman–Crippen MR) is 129 cm³/mol. The maximum Gasteiger partial charge on any atom is 0.326 e. The lowest BCUT2D eigenvalue weighted by Crippen LogP contribution is -2.56. The molecule has 16 nitrogen and oxygen atoms in total. The number of carbonyl (C=O) groups excluding carboxylic acids is 4. The van der Waals surface area contributed by atoms with Gasteiger partial charge in [-0.1, -0.05) is 0 Å². The van der Waals surface area contributed by atoms with Crippen LogP contribution in [0.25, 0.3) is 0 Å². The van der Waals surface area contributed by atoms with E-state index in [4.69, 9.17) is 0 Å². The van der Waals surface area contributed by atoms with Crippen molar-refractivity contribution in [3.05, 3.63) is 54.7 Å². The minimum atomic E-state index is -1.26. The van der Waals surface area contributed by atoms with E-state index in [1.54, 1.807) is 0 Å². The van der Waals surface area contributed by atoms with Gasteiger partial charge < -0.3 is 41.3 Å². The van der Waals surface area contributed by atoms with Crippen LogP contribution in [0.2, 0.25) is 0 Å². The van der Waals surface area contributed by atoms with Crippen molar-refractivity contribution in [3.63, 3.8) is 0 Å². The van der Waals surface area contributed by atoms with Crippen molar-refractivity contribution in [2.24, 2.45) is 0 Å².